The topological polar surface area (TPSA) is 77.0 Å². The third kappa shape index (κ3) is 6.42. The zero-order valence-corrected chi connectivity index (χ0v) is 18.0. The van der Waals surface area contributed by atoms with E-state index in [-0.39, 0.29) is 6.61 Å². The van der Waals surface area contributed by atoms with Gasteiger partial charge in [0.25, 0.3) is 5.91 Å². The molecule has 0 bridgehead atoms. The smallest absolute Gasteiger partial charge is 0.353 e. The molecule has 1 N–H and O–H groups in total. The quantitative estimate of drug-likeness (QED) is 0.219. The zero-order valence-electron chi connectivity index (χ0n) is 14.8. The molecule has 3 rings (SSSR count). The molecule has 9 heteroatoms. The summed E-state index contributed by atoms with van der Waals surface area (Å²) in [6.07, 6.45) is 1.44. The van der Waals surface area contributed by atoms with Gasteiger partial charge in [-0.05, 0) is 63.3 Å². The molecule has 0 spiro atoms. The summed E-state index contributed by atoms with van der Waals surface area (Å²) in [7, 11) is 0. The predicted molar refractivity (Wildman–Crippen MR) is 116 cm³/mol. The molecule has 0 saturated heterocycles. The van der Waals surface area contributed by atoms with Crippen LogP contribution in [0.15, 0.2) is 69.6 Å². The van der Waals surface area contributed by atoms with Crippen LogP contribution >= 0.6 is 38.9 Å². The van der Waals surface area contributed by atoms with E-state index < -0.39 is 11.9 Å². The van der Waals surface area contributed by atoms with Crippen LogP contribution in [0, 0.1) is 0 Å². The van der Waals surface area contributed by atoms with Crippen molar-refractivity contribution in [3.05, 3.63) is 79.9 Å². The lowest BCUT2D eigenvalue weighted by Crippen LogP contribution is -2.24. The minimum Gasteiger partial charge on any atom is -0.483 e. The molecule has 0 fully saturated rings. The van der Waals surface area contributed by atoms with Crippen LogP contribution in [0.4, 0.5) is 0 Å². The summed E-state index contributed by atoms with van der Waals surface area (Å²) in [6, 6.07) is 15.3. The highest BCUT2D eigenvalue weighted by molar-refractivity contribution is 9.10. The van der Waals surface area contributed by atoms with E-state index in [1.807, 2.05) is 0 Å². The van der Waals surface area contributed by atoms with E-state index in [0.717, 1.165) is 0 Å². The van der Waals surface area contributed by atoms with Crippen molar-refractivity contribution in [1.29, 1.82) is 0 Å². The van der Waals surface area contributed by atoms with E-state index in [2.05, 4.69) is 26.5 Å². The van der Waals surface area contributed by atoms with E-state index in [1.54, 1.807) is 60.0 Å². The van der Waals surface area contributed by atoms with Gasteiger partial charge in [0, 0.05) is 5.02 Å². The molecule has 6 nitrogen and oxygen atoms in total. The highest BCUT2D eigenvalue weighted by atomic mass is 79.9. The molecular formula is C20H14BrClN2O4S. The van der Waals surface area contributed by atoms with Gasteiger partial charge in [0.15, 0.2) is 6.61 Å². The monoisotopic (exact) mass is 492 g/mol. The Morgan fingerprint density at radius 3 is 2.79 bits per heavy atom. The number of nitrogens with one attached hydrogen (secondary N) is 1. The summed E-state index contributed by atoms with van der Waals surface area (Å²) in [5, 5.41) is 6.25. The molecule has 0 unspecified atom stereocenters. The third-order valence-corrected chi connectivity index (χ3v) is 5.15. The molecule has 0 aliphatic heterocycles. The lowest BCUT2D eigenvalue weighted by atomic mass is 10.2. The second-order valence-electron chi connectivity index (χ2n) is 5.60. The van der Waals surface area contributed by atoms with Gasteiger partial charge in [-0.3, -0.25) is 4.79 Å². The van der Waals surface area contributed by atoms with Crippen molar-refractivity contribution < 1.29 is 19.1 Å². The number of hydrogen-bond donors (Lipinski definition) is 1. The van der Waals surface area contributed by atoms with Crippen molar-refractivity contribution in [2.45, 2.75) is 0 Å². The summed E-state index contributed by atoms with van der Waals surface area (Å²) < 4.78 is 11.4. The van der Waals surface area contributed by atoms with E-state index in [9.17, 15) is 9.59 Å². The molecule has 0 radical (unpaired) electrons. The predicted octanol–water partition coefficient (Wildman–Crippen LogP) is 4.91. The normalized spacial score (nSPS) is 10.7. The number of ether oxygens (including phenoxy) is 2. The second kappa shape index (κ2) is 10.2. The van der Waals surface area contributed by atoms with Crippen molar-refractivity contribution in [2.75, 3.05) is 6.61 Å². The van der Waals surface area contributed by atoms with E-state index >= 15 is 0 Å². The average Bonchev–Trinajstić information content (AvgIpc) is 3.23. The fraction of sp³-hybridized carbons (Fsp3) is 0.0500. The fourth-order valence-corrected chi connectivity index (χ4v) is 3.55. The summed E-state index contributed by atoms with van der Waals surface area (Å²) >= 11 is 10.5. The van der Waals surface area contributed by atoms with Gasteiger partial charge >= 0.3 is 5.97 Å². The Morgan fingerprint density at radius 2 is 2.03 bits per heavy atom. The Labute approximate surface area is 184 Å². The number of amides is 1. The van der Waals surface area contributed by atoms with Crippen LogP contribution in [0.5, 0.6) is 11.5 Å². The van der Waals surface area contributed by atoms with Crippen molar-refractivity contribution in [1.82, 2.24) is 5.43 Å². The Balaban J connectivity index is 1.50. The number of rotatable bonds is 7. The average molecular weight is 494 g/mol. The van der Waals surface area contributed by atoms with Gasteiger partial charge in [0.2, 0.25) is 0 Å². The minimum absolute atomic E-state index is 0.212. The maximum absolute atomic E-state index is 12.0. The van der Waals surface area contributed by atoms with Gasteiger partial charge in [0.05, 0.1) is 10.7 Å². The molecule has 1 heterocycles. The van der Waals surface area contributed by atoms with Crippen LogP contribution in [0.3, 0.4) is 0 Å². The van der Waals surface area contributed by atoms with E-state index in [4.69, 9.17) is 21.1 Å². The number of carbonyl (C=O) groups is 2. The number of nitrogens with zero attached hydrogens (tertiary/aromatic N) is 1. The first kappa shape index (κ1) is 21.0. The minimum atomic E-state index is -0.427. The van der Waals surface area contributed by atoms with E-state index in [1.165, 1.54) is 17.6 Å². The van der Waals surface area contributed by atoms with Crippen LogP contribution in [-0.2, 0) is 4.79 Å². The van der Waals surface area contributed by atoms with E-state index in [0.29, 0.717) is 31.4 Å². The number of carbonyl (C=O) groups excluding carboxylic acids is 2. The standard InChI is InChI=1S/C20H14BrClN2O4S/c21-16-10-14(22)6-7-17(16)27-12-19(25)24-23-11-13-3-1-4-15(9-13)28-20(26)18-5-2-8-29-18/h1-11H,12H2,(H,24,25)/b23-11-. The van der Waals surface area contributed by atoms with Crippen LogP contribution in [0.2, 0.25) is 5.02 Å². The van der Waals surface area contributed by atoms with Gasteiger partial charge in [0.1, 0.15) is 16.4 Å². The van der Waals surface area contributed by atoms with Gasteiger partial charge in [-0.1, -0.05) is 29.8 Å². The summed E-state index contributed by atoms with van der Waals surface area (Å²) in [5.74, 6) is 0.0275. The molecule has 1 aromatic heterocycles. The molecule has 1 amide bonds. The number of thiophene rings is 1. The van der Waals surface area contributed by atoms with Gasteiger partial charge in [-0.15, -0.1) is 11.3 Å². The highest BCUT2D eigenvalue weighted by Crippen LogP contribution is 2.27. The number of benzene rings is 2. The van der Waals surface area contributed by atoms with Crippen LogP contribution < -0.4 is 14.9 Å². The molecule has 29 heavy (non-hydrogen) atoms. The van der Waals surface area contributed by atoms with Crippen molar-refractivity contribution >= 4 is 57.0 Å². The van der Waals surface area contributed by atoms with Crippen LogP contribution in [-0.4, -0.2) is 24.7 Å². The van der Waals surface area contributed by atoms with Crippen molar-refractivity contribution in [3.63, 3.8) is 0 Å². The van der Waals surface area contributed by atoms with Crippen molar-refractivity contribution in [3.8, 4) is 11.5 Å². The number of hydrazone groups is 1. The third-order valence-electron chi connectivity index (χ3n) is 3.45. The molecule has 2 aromatic carbocycles. The summed E-state index contributed by atoms with van der Waals surface area (Å²) in [5.41, 5.74) is 3.03. The lowest BCUT2D eigenvalue weighted by molar-refractivity contribution is -0.123. The maximum atomic E-state index is 12.0. The largest absolute Gasteiger partial charge is 0.483 e. The number of halogens is 2. The molecule has 148 valence electrons. The fourth-order valence-electron chi connectivity index (χ4n) is 2.16. The summed E-state index contributed by atoms with van der Waals surface area (Å²) in [6.45, 7) is -0.212. The Kier molecular flexibility index (Phi) is 7.40. The lowest BCUT2D eigenvalue weighted by Gasteiger charge is -2.07. The van der Waals surface area contributed by atoms with Crippen LogP contribution in [0.1, 0.15) is 15.2 Å². The SMILES string of the molecule is O=C(COc1ccc(Cl)cc1Br)N/N=C\c1cccc(OC(=O)c2cccs2)c1. The molecular weight excluding hydrogens is 480 g/mol. The first-order chi connectivity index (χ1) is 14.0. The Hall–Kier alpha value is -2.68. The molecule has 0 aliphatic rings. The van der Waals surface area contributed by atoms with Gasteiger partial charge in [-0.25, -0.2) is 10.2 Å². The van der Waals surface area contributed by atoms with Gasteiger partial charge < -0.3 is 9.47 Å². The number of hydrogen-bond acceptors (Lipinski definition) is 6. The zero-order chi connectivity index (χ0) is 20.6. The van der Waals surface area contributed by atoms with Crippen molar-refractivity contribution in [2.24, 2.45) is 5.10 Å². The molecule has 0 atom stereocenters. The number of esters is 1. The maximum Gasteiger partial charge on any atom is 0.353 e. The molecule has 3 aromatic rings. The van der Waals surface area contributed by atoms with Gasteiger partial charge in [-0.2, -0.15) is 5.10 Å². The molecule has 0 saturated carbocycles. The first-order valence-electron chi connectivity index (χ1n) is 8.27. The Bertz CT molecular complexity index is 1040. The Morgan fingerprint density at radius 1 is 1.17 bits per heavy atom. The highest BCUT2D eigenvalue weighted by Gasteiger charge is 2.09. The summed E-state index contributed by atoms with van der Waals surface area (Å²) in [4.78, 5) is 24.4. The first-order valence-corrected chi connectivity index (χ1v) is 10.3. The molecule has 0 aliphatic carbocycles. The van der Waals surface area contributed by atoms with Crippen LogP contribution in [0.25, 0.3) is 0 Å². The second-order valence-corrected chi connectivity index (χ2v) is 7.83.